The summed E-state index contributed by atoms with van der Waals surface area (Å²) >= 11 is 0. The molecule has 0 radical (unpaired) electrons. The van der Waals surface area contributed by atoms with E-state index in [1.54, 1.807) is 0 Å². The van der Waals surface area contributed by atoms with Gasteiger partial charge >= 0.3 is 0 Å². The number of hydrogen-bond donors (Lipinski definition) is 1. The molecule has 0 spiro atoms. The summed E-state index contributed by atoms with van der Waals surface area (Å²) in [5, 5.41) is 12.1. The average molecular weight is 225 g/mol. The predicted molar refractivity (Wildman–Crippen MR) is 69.3 cm³/mol. The van der Waals surface area contributed by atoms with Crippen molar-refractivity contribution in [3.63, 3.8) is 0 Å². The van der Waals surface area contributed by atoms with E-state index >= 15 is 0 Å². The third kappa shape index (κ3) is 6.09. The second-order valence-corrected chi connectivity index (χ2v) is 4.59. The number of unbranched alkanes of at least 4 members (excludes halogenated alkanes) is 1. The Kier molecular flexibility index (Phi) is 8.23. The maximum absolute atomic E-state index is 9.02. The van der Waals surface area contributed by atoms with Gasteiger partial charge in [-0.25, -0.2) is 0 Å². The molecule has 16 heavy (non-hydrogen) atoms. The maximum atomic E-state index is 9.02. The second-order valence-electron chi connectivity index (χ2n) is 4.59. The molecule has 1 atom stereocenters. The molecule has 0 saturated heterocycles. The van der Waals surface area contributed by atoms with Gasteiger partial charge in [-0.2, -0.15) is 5.26 Å². The summed E-state index contributed by atoms with van der Waals surface area (Å²) in [7, 11) is 1.86. The van der Waals surface area contributed by atoms with Gasteiger partial charge in [-0.15, -0.1) is 0 Å². The molecule has 0 aliphatic rings. The smallest absolute Gasteiger partial charge is 0.103 e. The van der Waals surface area contributed by atoms with Crippen LogP contribution in [0.5, 0.6) is 0 Å². The molecule has 94 valence electrons. The minimum atomic E-state index is -0.357. The Morgan fingerprint density at radius 1 is 1.25 bits per heavy atom. The quantitative estimate of drug-likeness (QED) is 0.655. The van der Waals surface area contributed by atoms with E-state index in [9.17, 15) is 0 Å². The van der Waals surface area contributed by atoms with Crippen molar-refractivity contribution in [3.05, 3.63) is 0 Å². The third-order valence-electron chi connectivity index (χ3n) is 3.22. The minimum Gasteiger partial charge on any atom is -0.304 e. The fraction of sp³-hybridized carbons (Fsp3) is 0.923. The molecular weight excluding hydrogens is 198 g/mol. The molecule has 0 aromatic carbocycles. The molecule has 0 fully saturated rings. The van der Waals surface area contributed by atoms with Gasteiger partial charge in [-0.1, -0.05) is 20.3 Å². The van der Waals surface area contributed by atoms with Crippen molar-refractivity contribution in [2.24, 2.45) is 0 Å². The molecule has 3 nitrogen and oxygen atoms in total. The third-order valence-corrected chi connectivity index (χ3v) is 3.22. The van der Waals surface area contributed by atoms with Gasteiger partial charge in [0.25, 0.3) is 0 Å². The molecule has 1 unspecified atom stereocenters. The van der Waals surface area contributed by atoms with Crippen LogP contribution >= 0.6 is 0 Å². The highest BCUT2D eigenvalue weighted by Gasteiger charge is 2.20. The first-order valence-electron chi connectivity index (χ1n) is 6.44. The maximum Gasteiger partial charge on any atom is 0.103 e. The molecule has 0 amide bonds. The van der Waals surface area contributed by atoms with Gasteiger partial charge < -0.3 is 10.2 Å². The monoisotopic (exact) mass is 225 g/mol. The van der Waals surface area contributed by atoms with Gasteiger partial charge in [0.1, 0.15) is 5.54 Å². The first kappa shape index (κ1) is 15.4. The lowest BCUT2D eigenvalue weighted by Crippen LogP contribution is -2.39. The van der Waals surface area contributed by atoms with E-state index in [2.05, 4.69) is 30.1 Å². The number of nitriles is 1. The van der Waals surface area contributed by atoms with Crippen molar-refractivity contribution in [2.75, 3.05) is 26.7 Å². The average Bonchev–Trinajstić information content (AvgIpc) is 2.33. The van der Waals surface area contributed by atoms with E-state index in [0.717, 1.165) is 25.9 Å². The van der Waals surface area contributed by atoms with Gasteiger partial charge in [-0.05, 0) is 52.9 Å². The highest BCUT2D eigenvalue weighted by atomic mass is 15.1. The SMILES string of the molecule is CCCCN(CC)CCCC(C)(C#N)NC. The zero-order chi connectivity index (χ0) is 12.4. The lowest BCUT2D eigenvalue weighted by atomic mass is 9.98. The Morgan fingerprint density at radius 2 is 1.88 bits per heavy atom. The Morgan fingerprint density at radius 3 is 2.31 bits per heavy atom. The van der Waals surface area contributed by atoms with E-state index in [4.69, 9.17) is 5.26 Å². The van der Waals surface area contributed by atoms with E-state index in [1.165, 1.54) is 19.4 Å². The van der Waals surface area contributed by atoms with Crippen molar-refractivity contribution in [3.8, 4) is 6.07 Å². The summed E-state index contributed by atoms with van der Waals surface area (Å²) in [5.41, 5.74) is -0.357. The molecule has 0 aliphatic carbocycles. The number of nitrogens with one attached hydrogen (secondary N) is 1. The fourth-order valence-electron chi connectivity index (χ4n) is 1.70. The van der Waals surface area contributed by atoms with Crippen LogP contribution in [0, 0.1) is 11.3 Å². The molecule has 0 heterocycles. The Labute approximate surface area is 101 Å². The van der Waals surface area contributed by atoms with Crippen LogP contribution in [0.3, 0.4) is 0 Å². The van der Waals surface area contributed by atoms with E-state index in [1.807, 2.05) is 14.0 Å². The van der Waals surface area contributed by atoms with Crippen LogP contribution in [0.15, 0.2) is 0 Å². The van der Waals surface area contributed by atoms with Crippen molar-refractivity contribution >= 4 is 0 Å². The van der Waals surface area contributed by atoms with E-state index in [0.29, 0.717) is 0 Å². The molecule has 0 bridgehead atoms. The van der Waals surface area contributed by atoms with Gasteiger partial charge in [0.2, 0.25) is 0 Å². The van der Waals surface area contributed by atoms with Crippen molar-refractivity contribution < 1.29 is 0 Å². The Bertz CT molecular complexity index is 210. The number of nitrogens with zero attached hydrogens (tertiary/aromatic N) is 2. The van der Waals surface area contributed by atoms with Crippen LogP contribution in [0.1, 0.15) is 46.5 Å². The topological polar surface area (TPSA) is 39.1 Å². The van der Waals surface area contributed by atoms with Gasteiger partial charge in [0, 0.05) is 0 Å². The first-order chi connectivity index (χ1) is 7.61. The van der Waals surface area contributed by atoms with Gasteiger partial charge in [0.15, 0.2) is 0 Å². The summed E-state index contributed by atoms with van der Waals surface area (Å²) in [6.45, 7) is 9.81. The predicted octanol–water partition coefficient (Wildman–Crippen LogP) is 2.39. The van der Waals surface area contributed by atoms with Crippen LogP contribution in [0.4, 0.5) is 0 Å². The number of hydrogen-bond acceptors (Lipinski definition) is 3. The molecule has 1 N–H and O–H groups in total. The summed E-state index contributed by atoms with van der Waals surface area (Å²) in [4.78, 5) is 2.47. The van der Waals surface area contributed by atoms with Gasteiger partial charge in [-0.3, -0.25) is 0 Å². The lowest BCUT2D eigenvalue weighted by molar-refractivity contribution is 0.267. The van der Waals surface area contributed by atoms with Crippen molar-refractivity contribution in [1.82, 2.24) is 10.2 Å². The molecule has 0 saturated carbocycles. The van der Waals surface area contributed by atoms with Crippen LogP contribution in [0.2, 0.25) is 0 Å². The molecule has 0 rings (SSSR count). The zero-order valence-electron chi connectivity index (χ0n) is 11.3. The summed E-state index contributed by atoms with van der Waals surface area (Å²) in [6, 6.07) is 2.33. The highest BCUT2D eigenvalue weighted by Crippen LogP contribution is 2.11. The second kappa shape index (κ2) is 8.55. The first-order valence-corrected chi connectivity index (χ1v) is 6.44. The standard InChI is InChI=1S/C13H27N3/c1-5-7-10-16(6-2)11-8-9-13(3,12-14)15-4/h15H,5-11H2,1-4H3. The van der Waals surface area contributed by atoms with E-state index < -0.39 is 0 Å². The van der Waals surface area contributed by atoms with Crippen LogP contribution in [0.25, 0.3) is 0 Å². The Balaban J connectivity index is 3.82. The molecule has 0 aromatic heterocycles. The molecule has 0 aliphatic heterocycles. The summed E-state index contributed by atoms with van der Waals surface area (Å²) in [6.07, 6.45) is 4.53. The largest absolute Gasteiger partial charge is 0.304 e. The molecule has 3 heteroatoms. The van der Waals surface area contributed by atoms with Crippen molar-refractivity contribution in [2.45, 2.75) is 52.0 Å². The van der Waals surface area contributed by atoms with Gasteiger partial charge in [0.05, 0.1) is 6.07 Å². The van der Waals surface area contributed by atoms with Crippen LogP contribution in [-0.2, 0) is 0 Å². The molecular formula is C13H27N3. The van der Waals surface area contributed by atoms with E-state index in [-0.39, 0.29) is 5.54 Å². The summed E-state index contributed by atoms with van der Waals surface area (Å²) in [5.74, 6) is 0. The highest BCUT2D eigenvalue weighted by molar-refractivity contribution is 5.02. The lowest BCUT2D eigenvalue weighted by Gasteiger charge is -2.24. The van der Waals surface area contributed by atoms with Crippen LogP contribution < -0.4 is 5.32 Å². The summed E-state index contributed by atoms with van der Waals surface area (Å²) < 4.78 is 0. The normalized spacial score (nSPS) is 14.8. The fourth-order valence-corrected chi connectivity index (χ4v) is 1.70. The Hall–Kier alpha value is -0.590. The minimum absolute atomic E-state index is 0.357. The van der Waals surface area contributed by atoms with Crippen molar-refractivity contribution in [1.29, 1.82) is 5.26 Å². The molecule has 0 aromatic rings. The van der Waals surface area contributed by atoms with Crippen LogP contribution in [-0.4, -0.2) is 37.1 Å². The zero-order valence-corrected chi connectivity index (χ0v) is 11.3. The number of rotatable bonds is 9.